The summed E-state index contributed by atoms with van der Waals surface area (Å²) in [5.74, 6) is 0.320. The van der Waals surface area contributed by atoms with Gasteiger partial charge in [-0.1, -0.05) is 12.1 Å². The number of hydrogen-bond acceptors (Lipinski definition) is 4. The lowest BCUT2D eigenvalue weighted by molar-refractivity contribution is -0.121. The molecule has 1 aromatic rings. The second-order valence-electron chi connectivity index (χ2n) is 5.37. The van der Waals surface area contributed by atoms with Gasteiger partial charge in [0, 0.05) is 13.0 Å². The van der Waals surface area contributed by atoms with Gasteiger partial charge in [-0.15, -0.1) is 12.4 Å². The molecule has 0 aliphatic carbocycles. The average Bonchev–Trinajstić information content (AvgIpc) is 3.04. The van der Waals surface area contributed by atoms with E-state index in [0.717, 1.165) is 31.5 Å². The molecular formula is C16H23ClN2O3. The minimum absolute atomic E-state index is 0. The molecule has 1 aromatic carbocycles. The van der Waals surface area contributed by atoms with E-state index in [0.29, 0.717) is 24.4 Å². The summed E-state index contributed by atoms with van der Waals surface area (Å²) >= 11 is 0. The van der Waals surface area contributed by atoms with Crippen molar-refractivity contribution in [2.45, 2.75) is 25.8 Å². The van der Waals surface area contributed by atoms with Crippen LogP contribution in [-0.2, 0) is 16.1 Å². The number of amides is 1. The highest BCUT2D eigenvalue weighted by atomic mass is 35.5. The van der Waals surface area contributed by atoms with E-state index in [1.807, 2.05) is 6.07 Å². The van der Waals surface area contributed by atoms with E-state index in [-0.39, 0.29) is 24.3 Å². The predicted molar refractivity (Wildman–Crippen MR) is 87.1 cm³/mol. The minimum atomic E-state index is -0.364. The zero-order chi connectivity index (χ0) is 15.1. The largest absolute Gasteiger partial charge is 0.465 e. The first-order valence-corrected chi connectivity index (χ1v) is 7.33. The van der Waals surface area contributed by atoms with E-state index < -0.39 is 0 Å². The van der Waals surface area contributed by atoms with Crippen molar-refractivity contribution in [2.75, 3.05) is 20.2 Å². The van der Waals surface area contributed by atoms with Crippen LogP contribution in [0.25, 0.3) is 0 Å². The van der Waals surface area contributed by atoms with Gasteiger partial charge in [0.1, 0.15) is 0 Å². The second-order valence-corrected chi connectivity index (χ2v) is 5.37. The topological polar surface area (TPSA) is 67.4 Å². The number of ether oxygens (including phenoxy) is 1. The summed E-state index contributed by atoms with van der Waals surface area (Å²) in [6.45, 7) is 2.52. The number of carbonyl (C=O) groups excluding carboxylic acids is 2. The number of nitrogens with one attached hydrogen (secondary N) is 2. The normalized spacial score (nSPS) is 16.7. The molecule has 122 valence electrons. The number of carbonyl (C=O) groups is 2. The van der Waals surface area contributed by atoms with Crippen LogP contribution in [-0.4, -0.2) is 32.1 Å². The van der Waals surface area contributed by atoms with E-state index in [2.05, 4.69) is 15.4 Å². The van der Waals surface area contributed by atoms with Gasteiger partial charge in [-0.2, -0.15) is 0 Å². The molecule has 0 bridgehead atoms. The summed E-state index contributed by atoms with van der Waals surface area (Å²) in [6, 6.07) is 7.11. The molecule has 1 saturated heterocycles. The summed E-state index contributed by atoms with van der Waals surface area (Å²) in [4.78, 5) is 23.3. The Labute approximate surface area is 137 Å². The van der Waals surface area contributed by atoms with Gasteiger partial charge in [0.2, 0.25) is 5.91 Å². The first-order valence-electron chi connectivity index (χ1n) is 7.33. The molecule has 22 heavy (non-hydrogen) atoms. The average molecular weight is 327 g/mol. The maximum Gasteiger partial charge on any atom is 0.337 e. The first kappa shape index (κ1) is 18.5. The maximum atomic E-state index is 11.8. The molecule has 0 aromatic heterocycles. The molecule has 1 atom stereocenters. The van der Waals surface area contributed by atoms with Gasteiger partial charge < -0.3 is 15.4 Å². The fourth-order valence-corrected chi connectivity index (χ4v) is 2.51. The summed E-state index contributed by atoms with van der Waals surface area (Å²) in [5.41, 5.74) is 1.40. The van der Waals surface area contributed by atoms with Crippen LogP contribution in [0.2, 0.25) is 0 Å². The molecular weight excluding hydrogens is 304 g/mol. The monoisotopic (exact) mass is 326 g/mol. The van der Waals surface area contributed by atoms with Gasteiger partial charge in [0.05, 0.1) is 12.7 Å². The van der Waals surface area contributed by atoms with Crippen molar-refractivity contribution in [2.24, 2.45) is 5.92 Å². The molecule has 1 unspecified atom stereocenters. The van der Waals surface area contributed by atoms with Crippen LogP contribution in [0.1, 0.15) is 35.2 Å². The fourth-order valence-electron chi connectivity index (χ4n) is 2.51. The van der Waals surface area contributed by atoms with Crippen LogP contribution < -0.4 is 10.6 Å². The van der Waals surface area contributed by atoms with E-state index in [1.54, 1.807) is 18.2 Å². The zero-order valence-corrected chi connectivity index (χ0v) is 13.6. The van der Waals surface area contributed by atoms with Gasteiger partial charge in [0.25, 0.3) is 0 Å². The van der Waals surface area contributed by atoms with Crippen LogP contribution in [0.15, 0.2) is 24.3 Å². The number of benzene rings is 1. The number of rotatable bonds is 6. The van der Waals surface area contributed by atoms with E-state index in [4.69, 9.17) is 0 Å². The van der Waals surface area contributed by atoms with Crippen molar-refractivity contribution in [3.8, 4) is 0 Å². The van der Waals surface area contributed by atoms with Gasteiger partial charge in [0.15, 0.2) is 0 Å². The Hall–Kier alpha value is -1.59. The van der Waals surface area contributed by atoms with Crippen molar-refractivity contribution in [3.05, 3.63) is 35.4 Å². The Kier molecular flexibility index (Phi) is 7.91. The standard InChI is InChI=1S/C16H22N2O3.ClH/c1-21-16(20)14-4-2-3-13(9-14)11-18-15(19)6-5-12-7-8-17-10-12;/h2-4,9,12,17H,5-8,10-11H2,1H3,(H,18,19);1H. The van der Waals surface area contributed by atoms with E-state index in [1.165, 1.54) is 7.11 Å². The molecule has 2 rings (SSSR count). The summed E-state index contributed by atoms with van der Waals surface area (Å²) < 4.78 is 4.68. The molecule has 1 amide bonds. The van der Waals surface area contributed by atoms with Crippen molar-refractivity contribution < 1.29 is 14.3 Å². The zero-order valence-electron chi connectivity index (χ0n) is 12.8. The molecule has 6 heteroatoms. The van der Waals surface area contributed by atoms with E-state index in [9.17, 15) is 9.59 Å². The van der Waals surface area contributed by atoms with Gasteiger partial charge >= 0.3 is 5.97 Å². The smallest absolute Gasteiger partial charge is 0.337 e. The molecule has 0 saturated carbocycles. The van der Waals surface area contributed by atoms with Crippen molar-refractivity contribution in [1.82, 2.24) is 10.6 Å². The lowest BCUT2D eigenvalue weighted by Crippen LogP contribution is -2.23. The summed E-state index contributed by atoms with van der Waals surface area (Å²) in [6.07, 6.45) is 2.65. The minimum Gasteiger partial charge on any atom is -0.465 e. The number of halogens is 1. The van der Waals surface area contributed by atoms with E-state index >= 15 is 0 Å². The third-order valence-electron chi connectivity index (χ3n) is 3.78. The Balaban J connectivity index is 0.00000242. The van der Waals surface area contributed by atoms with Crippen molar-refractivity contribution in [3.63, 3.8) is 0 Å². The quantitative estimate of drug-likeness (QED) is 0.784. The summed E-state index contributed by atoms with van der Waals surface area (Å²) in [7, 11) is 1.36. The molecule has 1 aliphatic rings. The lowest BCUT2D eigenvalue weighted by atomic mass is 10.0. The third-order valence-corrected chi connectivity index (χ3v) is 3.78. The Morgan fingerprint density at radius 3 is 2.91 bits per heavy atom. The summed E-state index contributed by atoms with van der Waals surface area (Å²) in [5, 5.41) is 6.20. The highest BCUT2D eigenvalue weighted by Crippen LogP contribution is 2.14. The van der Waals surface area contributed by atoms with Crippen LogP contribution in [0, 0.1) is 5.92 Å². The Bertz CT molecular complexity index is 502. The van der Waals surface area contributed by atoms with Crippen LogP contribution in [0.4, 0.5) is 0 Å². The van der Waals surface area contributed by atoms with Crippen LogP contribution in [0.5, 0.6) is 0 Å². The van der Waals surface area contributed by atoms with Gasteiger partial charge in [-0.25, -0.2) is 4.79 Å². The molecule has 2 N–H and O–H groups in total. The number of methoxy groups -OCH3 is 1. The Morgan fingerprint density at radius 1 is 1.41 bits per heavy atom. The van der Waals surface area contributed by atoms with Gasteiger partial charge in [-0.05, 0) is 49.5 Å². The number of hydrogen-bond donors (Lipinski definition) is 2. The maximum absolute atomic E-state index is 11.8. The SMILES string of the molecule is COC(=O)c1cccc(CNC(=O)CCC2CCNC2)c1.Cl. The number of esters is 1. The molecule has 1 aliphatic heterocycles. The van der Waals surface area contributed by atoms with Crippen LogP contribution >= 0.6 is 12.4 Å². The Morgan fingerprint density at radius 2 is 2.23 bits per heavy atom. The highest BCUT2D eigenvalue weighted by molar-refractivity contribution is 5.89. The highest BCUT2D eigenvalue weighted by Gasteiger charge is 2.15. The second kappa shape index (κ2) is 9.43. The molecule has 5 nitrogen and oxygen atoms in total. The van der Waals surface area contributed by atoms with Gasteiger partial charge in [-0.3, -0.25) is 4.79 Å². The van der Waals surface area contributed by atoms with Crippen molar-refractivity contribution >= 4 is 24.3 Å². The predicted octanol–water partition coefficient (Wildman–Crippen LogP) is 1.90. The third kappa shape index (κ3) is 5.66. The molecule has 1 fully saturated rings. The molecule has 1 heterocycles. The molecule has 0 radical (unpaired) electrons. The van der Waals surface area contributed by atoms with Crippen LogP contribution in [0.3, 0.4) is 0 Å². The van der Waals surface area contributed by atoms with Crippen molar-refractivity contribution in [1.29, 1.82) is 0 Å². The fraction of sp³-hybridized carbons (Fsp3) is 0.500. The molecule has 0 spiro atoms. The lowest BCUT2D eigenvalue weighted by Gasteiger charge is -2.09. The first-order chi connectivity index (χ1) is 10.2.